The van der Waals surface area contributed by atoms with E-state index in [4.69, 9.17) is 4.74 Å². The molecule has 2 rings (SSSR count). The fourth-order valence-electron chi connectivity index (χ4n) is 1.87. The second kappa shape index (κ2) is 6.08. The average molecular weight is 292 g/mol. The molecule has 0 saturated heterocycles. The summed E-state index contributed by atoms with van der Waals surface area (Å²) in [5, 5.41) is 23.2. The van der Waals surface area contributed by atoms with Gasteiger partial charge in [0.25, 0.3) is 5.69 Å². The van der Waals surface area contributed by atoms with Crippen molar-refractivity contribution < 1.29 is 19.2 Å². The van der Waals surface area contributed by atoms with Crippen LogP contribution < -0.4 is 10.1 Å². The van der Waals surface area contributed by atoms with Gasteiger partial charge in [-0.2, -0.15) is 0 Å². The van der Waals surface area contributed by atoms with E-state index in [0.717, 1.165) is 6.07 Å². The number of ether oxygens (including phenoxy) is 1. The van der Waals surface area contributed by atoms with Crippen LogP contribution in [0.5, 0.6) is 11.5 Å². The van der Waals surface area contributed by atoms with Gasteiger partial charge in [-0.25, -0.2) is 4.39 Å². The van der Waals surface area contributed by atoms with Crippen molar-refractivity contribution in [2.75, 3.05) is 12.4 Å². The number of hydrogen-bond donors (Lipinski definition) is 2. The van der Waals surface area contributed by atoms with Crippen molar-refractivity contribution in [3.63, 3.8) is 0 Å². The molecule has 6 nitrogen and oxygen atoms in total. The van der Waals surface area contributed by atoms with Gasteiger partial charge >= 0.3 is 0 Å². The van der Waals surface area contributed by atoms with Crippen LogP contribution in [0.1, 0.15) is 5.56 Å². The van der Waals surface area contributed by atoms with Crippen LogP contribution in [-0.2, 0) is 6.54 Å². The molecular formula is C14H13FN2O4. The topological polar surface area (TPSA) is 84.6 Å². The second-order valence-corrected chi connectivity index (χ2v) is 4.31. The average Bonchev–Trinajstić information content (AvgIpc) is 2.43. The Bertz CT molecular complexity index is 656. The number of halogens is 1. The summed E-state index contributed by atoms with van der Waals surface area (Å²) in [6.45, 7) is 0.137. The van der Waals surface area contributed by atoms with Crippen LogP contribution in [0.15, 0.2) is 36.4 Å². The normalized spacial score (nSPS) is 10.2. The Morgan fingerprint density at radius 3 is 2.71 bits per heavy atom. The second-order valence-electron chi connectivity index (χ2n) is 4.31. The number of nitrogens with one attached hydrogen (secondary N) is 1. The number of nitro benzene ring substituents is 1. The van der Waals surface area contributed by atoms with E-state index in [1.54, 1.807) is 6.07 Å². The summed E-state index contributed by atoms with van der Waals surface area (Å²) >= 11 is 0. The Hall–Kier alpha value is -2.83. The molecule has 21 heavy (non-hydrogen) atoms. The van der Waals surface area contributed by atoms with Gasteiger partial charge in [-0.1, -0.05) is 0 Å². The molecule has 0 amide bonds. The Morgan fingerprint density at radius 1 is 1.33 bits per heavy atom. The summed E-state index contributed by atoms with van der Waals surface area (Å²) in [4.78, 5) is 10.5. The maximum atomic E-state index is 13.1. The van der Waals surface area contributed by atoms with Crippen LogP contribution in [0.2, 0.25) is 0 Å². The number of methoxy groups -OCH3 is 1. The van der Waals surface area contributed by atoms with Crippen molar-refractivity contribution in [3.8, 4) is 11.5 Å². The minimum absolute atomic E-state index is 0.137. The molecule has 0 unspecified atom stereocenters. The lowest BCUT2D eigenvalue weighted by atomic mass is 10.2. The van der Waals surface area contributed by atoms with Crippen LogP contribution in [-0.4, -0.2) is 17.1 Å². The maximum Gasteiger partial charge on any atom is 0.296 e. The highest BCUT2D eigenvalue weighted by molar-refractivity contribution is 5.64. The fraction of sp³-hybridized carbons (Fsp3) is 0.143. The van der Waals surface area contributed by atoms with E-state index in [-0.39, 0.29) is 23.7 Å². The van der Waals surface area contributed by atoms with Gasteiger partial charge in [-0.15, -0.1) is 0 Å². The Labute approximate surface area is 119 Å². The highest BCUT2D eigenvalue weighted by Gasteiger charge is 2.15. The van der Waals surface area contributed by atoms with Gasteiger partial charge in [0, 0.05) is 12.6 Å². The molecular weight excluding hydrogens is 279 g/mol. The van der Waals surface area contributed by atoms with E-state index in [9.17, 15) is 19.6 Å². The predicted octanol–water partition coefficient (Wildman–Crippen LogP) is 3.06. The molecule has 0 aliphatic rings. The third-order valence-electron chi connectivity index (χ3n) is 2.83. The minimum atomic E-state index is -0.573. The lowest BCUT2D eigenvalue weighted by molar-refractivity contribution is -0.384. The Balaban J connectivity index is 2.21. The molecule has 0 radical (unpaired) electrons. The SMILES string of the molecule is COc1ccc(NCc2cc(O)cc(F)c2)c([N+](=O)[O-])c1. The zero-order chi connectivity index (χ0) is 15.4. The number of phenols is 1. The van der Waals surface area contributed by atoms with Gasteiger partial charge in [-0.05, 0) is 29.8 Å². The first-order chi connectivity index (χ1) is 9.99. The van der Waals surface area contributed by atoms with Gasteiger partial charge in [0.05, 0.1) is 18.1 Å². The quantitative estimate of drug-likeness (QED) is 0.653. The number of benzene rings is 2. The summed E-state index contributed by atoms with van der Waals surface area (Å²) in [7, 11) is 1.42. The zero-order valence-corrected chi connectivity index (χ0v) is 11.2. The first kappa shape index (κ1) is 14.6. The number of phenolic OH excluding ortho intramolecular Hbond substituents is 1. The van der Waals surface area contributed by atoms with Crippen LogP contribution in [0, 0.1) is 15.9 Å². The highest BCUT2D eigenvalue weighted by Crippen LogP contribution is 2.29. The molecule has 0 aliphatic heterocycles. The van der Waals surface area contributed by atoms with Crippen LogP contribution in [0.4, 0.5) is 15.8 Å². The molecule has 2 aromatic rings. The lowest BCUT2D eigenvalue weighted by Crippen LogP contribution is -2.03. The van der Waals surface area contributed by atoms with Gasteiger partial charge in [0.1, 0.15) is 23.0 Å². The third kappa shape index (κ3) is 3.59. The first-order valence-corrected chi connectivity index (χ1v) is 6.04. The molecule has 0 aromatic heterocycles. The fourth-order valence-corrected chi connectivity index (χ4v) is 1.87. The van der Waals surface area contributed by atoms with Crippen LogP contribution in [0.3, 0.4) is 0 Å². The molecule has 0 heterocycles. The maximum absolute atomic E-state index is 13.1. The molecule has 0 bridgehead atoms. The third-order valence-corrected chi connectivity index (χ3v) is 2.83. The highest BCUT2D eigenvalue weighted by atomic mass is 19.1. The number of nitro groups is 1. The first-order valence-electron chi connectivity index (χ1n) is 6.04. The van der Waals surface area contributed by atoms with E-state index in [0.29, 0.717) is 11.3 Å². The van der Waals surface area contributed by atoms with Crippen LogP contribution in [0.25, 0.3) is 0 Å². The predicted molar refractivity (Wildman–Crippen MR) is 75.0 cm³/mol. The minimum Gasteiger partial charge on any atom is -0.508 e. The molecule has 0 spiro atoms. The van der Waals surface area contributed by atoms with E-state index < -0.39 is 10.7 Å². The van der Waals surface area contributed by atoms with E-state index in [1.807, 2.05) is 0 Å². The van der Waals surface area contributed by atoms with Gasteiger partial charge in [-0.3, -0.25) is 10.1 Å². The van der Waals surface area contributed by atoms with Crippen LogP contribution >= 0.6 is 0 Å². The molecule has 110 valence electrons. The molecule has 7 heteroatoms. The number of anilines is 1. The van der Waals surface area contributed by atoms with Crippen molar-refractivity contribution in [1.82, 2.24) is 0 Å². The summed E-state index contributed by atoms with van der Waals surface area (Å²) < 4.78 is 18.1. The van der Waals surface area contributed by atoms with Crippen molar-refractivity contribution in [1.29, 1.82) is 0 Å². The number of rotatable bonds is 5. The van der Waals surface area contributed by atoms with E-state index in [2.05, 4.69) is 5.32 Å². The number of aromatic hydroxyl groups is 1. The lowest BCUT2D eigenvalue weighted by Gasteiger charge is -2.09. The van der Waals surface area contributed by atoms with Crippen molar-refractivity contribution >= 4 is 11.4 Å². The Kier molecular flexibility index (Phi) is 4.22. The molecule has 0 aliphatic carbocycles. The smallest absolute Gasteiger partial charge is 0.296 e. The standard InChI is InChI=1S/C14H13FN2O4/c1-21-12-2-3-13(14(7-12)17(19)20)16-8-9-4-10(15)6-11(18)5-9/h2-7,16,18H,8H2,1H3. The van der Waals surface area contributed by atoms with Crippen molar-refractivity contribution in [2.45, 2.75) is 6.54 Å². The monoisotopic (exact) mass is 292 g/mol. The number of hydrogen-bond acceptors (Lipinski definition) is 5. The summed E-state index contributed by atoms with van der Waals surface area (Å²) in [6, 6.07) is 7.99. The Morgan fingerprint density at radius 2 is 2.10 bits per heavy atom. The molecule has 2 N–H and O–H groups in total. The largest absolute Gasteiger partial charge is 0.508 e. The van der Waals surface area contributed by atoms with Gasteiger partial charge < -0.3 is 15.2 Å². The van der Waals surface area contributed by atoms with Crippen molar-refractivity contribution in [2.24, 2.45) is 0 Å². The summed E-state index contributed by atoms with van der Waals surface area (Å²) in [5.74, 6) is -0.400. The number of nitrogens with zero attached hydrogens (tertiary/aromatic N) is 1. The van der Waals surface area contributed by atoms with E-state index >= 15 is 0 Å². The summed E-state index contributed by atoms with van der Waals surface area (Å²) in [6.07, 6.45) is 0. The molecule has 0 saturated carbocycles. The molecule has 2 aromatic carbocycles. The zero-order valence-electron chi connectivity index (χ0n) is 11.2. The van der Waals surface area contributed by atoms with Gasteiger partial charge in [0.2, 0.25) is 0 Å². The molecule has 0 atom stereocenters. The van der Waals surface area contributed by atoms with E-state index in [1.165, 1.54) is 31.4 Å². The summed E-state index contributed by atoms with van der Waals surface area (Å²) in [5.41, 5.74) is 0.608. The molecule has 0 fully saturated rings. The van der Waals surface area contributed by atoms with Gasteiger partial charge in [0.15, 0.2) is 0 Å². The van der Waals surface area contributed by atoms with Crippen molar-refractivity contribution in [3.05, 3.63) is 57.9 Å².